The largest absolute Gasteiger partial charge is 0.481 e. The van der Waals surface area contributed by atoms with Gasteiger partial charge >= 0.3 is 5.97 Å². The van der Waals surface area contributed by atoms with Gasteiger partial charge in [-0.1, -0.05) is 6.07 Å². The first-order chi connectivity index (χ1) is 15.9. The molecule has 1 aliphatic rings. The van der Waals surface area contributed by atoms with Gasteiger partial charge in [0.2, 0.25) is 5.95 Å². The van der Waals surface area contributed by atoms with Crippen molar-refractivity contribution in [2.75, 3.05) is 5.32 Å². The fourth-order valence-electron chi connectivity index (χ4n) is 4.19. The van der Waals surface area contributed by atoms with E-state index in [1.54, 1.807) is 12.4 Å². The number of carboxylic acid groups (broad SMARTS) is 1. The molecule has 0 atom stereocenters. The topological polar surface area (TPSA) is 101 Å². The molecule has 2 N–H and O–H groups in total. The molecule has 0 amide bonds. The number of hydrogen-bond acceptors (Lipinski definition) is 6. The second-order valence-electron chi connectivity index (χ2n) is 8.47. The van der Waals surface area contributed by atoms with Gasteiger partial charge in [-0.15, -0.1) is 0 Å². The van der Waals surface area contributed by atoms with E-state index in [4.69, 9.17) is 5.11 Å². The summed E-state index contributed by atoms with van der Waals surface area (Å²) in [7, 11) is 0. The van der Waals surface area contributed by atoms with Crippen molar-refractivity contribution in [3.05, 3.63) is 59.9 Å². The van der Waals surface area contributed by atoms with E-state index < -0.39 is 12.4 Å². The van der Waals surface area contributed by atoms with Gasteiger partial charge in [-0.05, 0) is 67.9 Å². The number of anilines is 2. The summed E-state index contributed by atoms with van der Waals surface area (Å²) < 4.78 is 25.8. The molecule has 7 nitrogen and oxygen atoms in total. The summed E-state index contributed by atoms with van der Waals surface area (Å²) in [6, 6.07) is 6.93. The maximum Gasteiger partial charge on any atom is 0.306 e. The fraction of sp³-hybridized carbons (Fsp3) is 0.375. The molecule has 172 valence electrons. The smallest absolute Gasteiger partial charge is 0.306 e. The van der Waals surface area contributed by atoms with Gasteiger partial charge in [0.25, 0.3) is 6.43 Å². The summed E-state index contributed by atoms with van der Waals surface area (Å²) in [5.41, 5.74) is 3.04. The highest BCUT2D eigenvalue weighted by atomic mass is 19.3. The zero-order valence-electron chi connectivity index (χ0n) is 18.2. The fourth-order valence-corrected chi connectivity index (χ4v) is 4.19. The number of carbonyl (C=O) groups is 1. The average molecular weight is 453 g/mol. The van der Waals surface area contributed by atoms with Gasteiger partial charge in [0.05, 0.1) is 5.92 Å². The standard InChI is InChI=1S/C24H25F2N5O2/c1-14-8-17(11-19(9-14)30-24-27-7-6-20(31-24)22(25)26)18-12-28-21(29-13-18)10-15-2-4-16(5-3-15)23(32)33/h6-9,11-13,15-16,22H,2-5,10H2,1H3,(H,32,33)(H,27,30,31). The van der Waals surface area contributed by atoms with Crippen LogP contribution in [0.1, 0.15) is 49.2 Å². The van der Waals surface area contributed by atoms with E-state index in [0.29, 0.717) is 24.4 Å². The van der Waals surface area contributed by atoms with E-state index in [-0.39, 0.29) is 17.6 Å². The number of halogens is 2. The molecule has 1 saturated carbocycles. The number of nitrogens with zero attached hydrogens (tertiary/aromatic N) is 4. The van der Waals surface area contributed by atoms with Gasteiger partial charge in [-0.2, -0.15) is 0 Å². The van der Waals surface area contributed by atoms with Crippen LogP contribution in [0.15, 0.2) is 42.9 Å². The Morgan fingerprint density at radius 3 is 2.48 bits per heavy atom. The minimum Gasteiger partial charge on any atom is -0.481 e. The minimum atomic E-state index is -2.66. The number of nitrogens with one attached hydrogen (secondary N) is 1. The molecule has 4 rings (SSSR count). The molecule has 0 aliphatic heterocycles. The molecule has 33 heavy (non-hydrogen) atoms. The zero-order valence-corrected chi connectivity index (χ0v) is 18.2. The number of alkyl halides is 2. The first kappa shape index (κ1) is 22.7. The van der Waals surface area contributed by atoms with Gasteiger partial charge in [-0.3, -0.25) is 4.79 Å². The molecule has 0 radical (unpaired) electrons. The monoisotopic (exact) mass is 453 g/mol. The summed E-state index contributed by atoms with van der Waals surface area (Å²) in [5.74, 6) is 0.339. The van der Waals surface area contributed by atoms with Crippen molar-refractivity contribution in [3.63, 3.8) is 0 Å². The third kappa shape index (κ3) is 5.85. The highest BCUT2D eigenvalue weighted by Gasteiger charge is 2.26. The van der Waals surface area contributed by atoms with Crippen LogP contribution in [0.3, 0.4) is 0 Å². The van der Waals surface area contributed by atoms with Gasteiger partial charge in [-0.25, -0.2) is 28.7 Å². The van der Waals surface area contributed by atoms with E-state index in [1.165, 1.54) is 12.3 Å². The third-order valence-corrected chi connectivity index (χ3v) is 5.94. The van der Waals surface area contributed by atoms with E-state index >= 15 is 0 Å². The molecule has 2 aromatic heterocycles. The van der Waals surface area contributed by atoms with Crippen molar-refractivity contribution in [2.45, 2.75) is 45.5 Å². The Balaban J connectivity index is 1.44. The Bertz CT molecular complexity index is 1120. The second-order valence-corrected chi connectivity index (χ2v) is 8.47. The molecule has 0 unspecified atom stereocenters. The number of carboxylic acids is 1. The van der Waals surface area contributed by atoms with Crippen LogP contribution in [0.5, 0.6) is 0 Å². The maximum absolute atomic E-state index is 12.9. The lowest BCUT2D eigenvalue weighted by atomic mass is 9.80. The zero-order chi connectivity index (χ0) is 23.4. The van der Waals surface area contributed by atoms with E-state index in [9.17, 15) is 13.6 Å². The Morgan fingerprint density at radius 1 is 1.09 bits per heavy atom. The van der Waals surface area contributed by atoms with Gasteiger partial charge in [0, 0.05) is 36.3 Å². The number of aromatic nitrogens is 4. The van der Waals surface area contributed by atoms with Gasteiger partial charge in [0.15, 0.2) is 0 Å². The van der Waals surface area contributed by atoms with Crippen LogP contribution in [-0.2, 0) is 11.2 Å². The molecule has 0 spiro atoms. The summed E-state index contributed by atoms with van der Waals surface area (Å²) in [5, 5.41) is 12.1. The van der Waals surface area contributed by atoms with Crippen LogP contribution < -0.4 is 5.32 Å². The molecular weight excluding hydrogens is 428 g/mol. The predicted octanol–water partition coefficient (Wildman–Crippen LogP) is 5.36. The predicted molar refractivity (Wildman–Crippen MR) is 119 cm³/mol. The van der Waals surface area contributed by atoms with Crippen LogP contribution in [0.25, 0.3) is 11.1 Å². The Morgan fingerprint density at radius 2 is 1.82 bits per heavy atom. The summed E-state index contributed by atoms with van der Waals surface area (Å²) in [4.78, 5) is 28.0. The maximum atomic E-state index is 12.9. The van der Waals surface area contributed by atoms with Crippen molar-refractivity contribution < 1.29 is 18.7 Å². The lowest BCUT2D eigenvalue weighted by Gasteiger charge is -2.25. The first-order valence-electron chi connectivity index (χ1n) is 10.9. The van der Waals surface area contributed by atoms with Crippen molar-refractivity contribution in [1.29, 1.82) is 0 Å². The quantitative estimate of drug-likeness (QED) is 0.497. The number of rotatable bonds is 7. The Hall–Kier alpha value is -3.49. The molecule has 0 bridgehead atoms. The minimum absolute atomic E-state index is 0.105. The third-order valence-electron chi connectivity index (χ3n) is 5.94. The van der Waals surface area contributed by atoms with Crippen molar-refractivity contribution >= 4 is 17.6 Å². The van der Waals surface area contributed by atoms with Crippen LogP contribution in [0, 0.1) is 18.8 Å². The number of aryl methyl sites for hydroxylation is 1. The lowest BCUT2D eigenvalue weighted by Crippen LogP contribution is -2.22. The first-order valence-corrected chi connectivity index (χ1v) is 10.9. The van der Waals surface area contributed by atoms with Gasteiger partial charge < -0.3 is 10.4 Å². The Kier molecular flexibility index (Phi) is 6.86. The highest BCUT2D eigenvalue weighted by molar-refractivity contribution is 5.70. The Labute approximate surface area is 190 Å². The summed E-state index contributed by atoms with van der Waals surface area (Å²) in [6.45, 7) is 1.94. The van der Waals surface area contributed by atoms with E-state index in [2.05, 4.69) is 25.3 Å². The van der Waals surface area contributed by atoms with Gasteiger partial charge in [0.1, 0.15) is 11.5 Å². The number of aliphatic carboxylic acids is 1. The molecule has 1 aromatic carbocycles. The van der Waals surface area contributed by atoms with E-state index in [1.807, 2.05) is 25.1 Å². The second kappa shape index (κ2) is 9.97. The normalized spacial score (nSPS) is 18.3. The average Bonchev–Trinajstić information content (AvgIpc) is 2.80. The molecule has 3 aromatic rings. The summed E-state index contributed by atoms with van der Waals surface area (Å²) in [6.07, 6.45) is 6.11. The van der Waals surface area contributed by atoms with Crippen molar-refractivity contribution in [3.8, 4) is 11.1 Å². The highest BCUT2D eigenvalue weighted by Crippen LogP contribution is 2.31. The SMILES string of the molecule is Cc1cc(Nc2nccc(C(F)F)n2)cc(-c2cnc(CC3CCC(C(=O)O)CC3)nc2)c1. The van der Waals surface area contributed by atoms with E-state index in [0.717, 1.165) is 41.8 Å². The van der Waals surface area contributed by atoms with Crippen LogP contribution >= 0.6 is 0 Å². The lowest BCUT2D eigenvalue weighted by molar-refractivity contribution is -0.143. The number of hydrogen-bond donors (Lipinski definition) is 2. The summed E-state index contributed by atoms with van der Waals surface area (Å²) >= 11 is 0. The molecule has 2 heterocycles. The van der Waals surface area contributed by atoms with Crippen molar-refractivity contribution in [2.24, 2.45) is 11.8 Å². The molecule has 0 saturated heterocycles. The van der Waals surface area contributed by atoms with Crippen LogP contribution in [0.2, 0.25) is 0 Å². The molecular formula is C24H25F2N5O2. The van der Waals surface area contributed by atoms with Crippen LogP contribution in [-0.4, -0.2) is 31.0 Å². The number of benzene rings is 1. The van der Waals surface area contributed by atoms with Crippen molar-refractivity contribution in [1.82, 2.24) is 19.9 Å². The van der Waals surface area contributed by atoms with Crippen LogP contribution in [0.4, 0.5) is 20.4 Å². The molecule has 1 fully saturated rings. The molecule has 1 aliphatic carbocycles. The molecule has 9 heteroatoms.